The van der Waals surface area contributed by atoms with Crippen LogP contribution in [0, 0.1) is 0 Å². The molecule has 2 heterocycles. The van der Waals surface area contributed by atoms with Gasteiger partial charge in [0.25, 0.3) is 5.56 Å². The van der Waals surface area contributed by atoms with Crippen molar-refractivity contribution in [2.75, 3.05) is 7.11 Å². The fourth-order valence-electron chi connectivity index (χ4n) is 5.50. The summed E-state index contributed by atoms with van der Waals surface area (Å²) in [6.07, 6.45) is 1.51. The molecule has 1 aliphatic rings. The van der Waals surface area contributed by atoms with Crippen molar-refractivity contribution in [1.29, 1.82) is 0 Å². The summed E-state index contributed by atoms with van der Waals surface area (Å²) in [5.41, 5.74) is 2.91. The molecule has 0 radical (unpaired) electrons. The molecule has 0 aliphatic carbocycles. The van der Waals surface area contributed by atoms with E-state index < -0.39 is 12.0 Å². The Morgan fingerprint density at radius 2 is 1.72 bits per heavy atom. The summed E-state index contributed by atoms with van der Waals surface area (Å²) in [7, 11) is 1.56. The van der Waals surface area contributed by atoms with Crippen LogP contribution in [0.15, 0.2) is 109 Å². The summed E-state index contributed by atoms with van der Waals surface area (Å²) in [6.45, 7) is 5.71. The summed E-state index contributed by atoms with van der Waals surface area (Å²) in [6, 6.07) is 24.6. The quantitative estimate of drug-likeness (QED) is 0.154. The molecular formula is C36H30Br2N2O5S. The maximum absolute atomic E-state index is 14.5. The number of carbonyl (C=O) groups is 1. The number of hydrogen-bond acceptors (Lipinski definition) is 7. The molecule has 1 atom stereocenters. The minimum absolute atomic E-state index is 0.285. The van der Waals surface area contributed by atoms with Crippen LogP contribution in [0.5, 0.6) is 11.5 Å². The molecule has 10 heteroatoms. The number of hydrogen-bond donors (Lipinski definition) is 0. The van der Waals surface area contributed by atoms with Crippen molar-refractivity contribution in [2.24, 2.45) is 4.99 Å². The number of methoxy groups -OCH3 is 1. The third-order valence-electron chi connectivity index (χ3n) is 7.58. The van der Waals surface area contributed by atoms with Gasteiger partial charge in [0.15, 0.2) is 4.80 Å². The third-order valence-corrected chi connectivity index (χ3v) is 9.59. The van der Waals surface area contributed by atoms with Gasteiger partial charge in [-0.3, -0.25) is 9.36 Å². The van der Waals surface area contributed by atoms with Gasteiger partial charge in [0.2, 0.25) is 0 Å². The van der Waals surface area contributed by atoms with Crippen LogP contribution in [-0.4, -0.2) is 23.8 Å². The van der Waals surface area contributed by atoms with Crippen LogP contribution >= 0.6 is 43.2 Å². The Bertz CT molecular complexity index is 2190. The molecule has 1 aromatic heterocycles. The van der Waals surface area contributed by atoms with Crippen LogP contribution in [0.1, 0.15) is 43.5 Å². The second-order valence-corrected chi connectivity index (χ2v) is 13.9. The van der Waals surface area contributed by atoms with E-state index in [1.807, 2.05) is 78.9 Å². The summed E-state index contributed by atoms with van der Waals surface area (Å²) in [5.74, 6) is 0.648. The van der Waals surface area contributed by atoms with Crippen molar-refractivity contribution >= 4 is 66.0 Å². The van der Waals surface area contributed by atoms with Crippen LogP contribution < -0.4 is 24.4 Å². The molecule has 0 saturated carbocycles. The number of aromatic nitrogens is 1. The summed E-state index contributed by atoms with van der Waals surface area (Å²) in [4.78, 5) is 33.2. The number of esters is 1. The zero-order valence-electron chi connectivity index (χ0n) is 25.5. The Hall–Kier alpha value is -3.99. The fraction of sp³-hybridized carbons (Fsp3) is 0.194. The lowest BCUT2D eigenvalue weighted by Gasteiger charge is -2.26. The van der Waals surface area contributed by atoms with E-state index >= 15 is 0 Å². The first-order chi connectivity index (χ1) is 22.1. The number of fused-ring (bicyclic) bond motifs is 2. The second-order valence-electron chi connectivity index (χ2n) is 11.0. The molecule has 0 N–H and O–H groups in total. The van der Waals surface area contributed by atoms with E-state index in [4.69, 9.17) is 19.2 Å². The minimum Gasteiger partial charge on any atom is -0.496 e. The lowest BCUT2D eigenvalue weighted by Crippen LogP contribution is -2.40. The number of nitrogens with zero attached hydrogens (tertiary/aromatic N) is 2. The van der Waals surface area contributed by atoms with Crippen molar-refractivity contribution < 1.29 is 19.0 Å². The molecule has 0 unspecified atom stereocenters. The van der Waals surface area contributed by atoms with E-state index in [1.165, 1.54) is 11.3 Å². The van der Waals surface area contributed by atoms with Crippen LogP contribution in [0.4, 0.5) is 0 Å². The topological polar surface area (TPSA) is 79.1 Å². The van der Waals surface area contributed by atoms with Gasteiger partial charge >= 0.3 is 5.97 Å². The molecule has 234 valence electrons. The van der Waals surface area contributed by atoms with Gasteiger partial charge in [0, 0.05) is 20.1 Å². The Labute approximate surface area is 286 Å². The number of thiazole rings is 1. The largest absolute Gasteiger partial charge is 0.496 e. The van der Waals surface area contributed by atoms with E-state index in [9.17, 15) is 9.59 Å². The second kappa shape index (κ2) is 13.4. The van der Waals surface area contributed by atoms with E-state index in [2.05, 4.69) is 31.9 Å². The molecule has 4 aromatic carbocycles. The highest BCUT2D eigenvalue weighted by Gasteiger charge is 2.35. The normalized spacial score (nSPS) is 14.8. The van der Waals surface area contributed by atoms with Crippen molar-refractivity contribution in [2.45, 2.75) is 39.5 Å². The van der Waals surface area contributed by atoms with Gasteiger partial charge < -0.3 is 14.2 Å². The number of ether oxygens (including phenoxy) is 3. The lowest BCUT2D eigenvalue weighted by molar-refractivity contribution is -0.143. The standard InChI is InChI=1S/C36H30Br2N2O5S/c1-20(2)45-35(42)32-21(3)39-36-40(33(32)28-17-25(38)14-16-29(28)43-4)34(41)31(46-36)18-27-26-8-6-5-7-23(26)11-15-30(27)44-19-22-9-12-24(37)13-10-22/h5-18,20,33H,19H2,1-4H3/b31-18-/t33-/m1/s1. The van der Waals surface area contributed by atoms with Gasteiger partial charge in [0.05, 0.1) is 29.0 Å². The highest BCUT2D eigenvalue weighted by molar-refractivity contribution is 9.10. The van der Waals surface area contributed by atoms with Gasteiger partial charge in [-0.25, -0.2) is 9.79 Å². The van der Waals surface area contributed by atoms with Gasteiger partial charge in [-0.05, 0) is 79.6 Å². The fourth-order valence-corrected chi connectivity index (χ4v) is 7.17. The predicted molar refractivity (Wildman–Crippen MR) is 188 cm³/mol. The zero-order valence-corrected chi connectivity index (χ0v) is 29.5. The van der Waals surface area contributed by atoms with E-state index in [-0.39, 0.29) is 17.2 Å². The first-order valence-corrected chi connectivity index (χ1v) is 17.0. The van der Waals surface area contributed by atoms with Gasteiger partial charge in [-0.1, -0.05) is 85.7 Å². The molecular weight excluding hydrogens is 732 g/mol. The van der Waals surface area contributed by atoms with Crippen LogP contribution in [0.2, 0.25) is 0 Å². The SMILES string of the molecule is COc1ccc(Br)cc1[C@@H]1C(C(=O)OC(C)C)=C(C)N=c2s/c(=C\c3c(OCc4ccc(Br)cc4)ccc4ccccc34)c(=O)n21. The molecule has 46 heavy (non-hydrogen) atoms. The van der Waals surface area contributed by atoms with Crippen molar-refractivity contribution in [3.8, 4) is 11.5 Å². The molecule has 0 saturated heterocycles. The maximum Gasteiger partial charge on any atom is 0.338 e. The Balaban J connectivity index is 1.55. The van der Waals surface area contributed by atoms with Gasteiger partial charge in [0.1, 0.15) is 24.1 Å². The Kier molecular flexibility index (Phi) is 9.31. The Morgan fingerprint density at radius 3 is 2.46 bits per heavy atom. The molecule has 0 spiro atoms. The van der Waals surface area contributed by atoms with Crippen molar-refractivity contribution in [3.05, 3.63) is 135 Å². The van der Waals surface area contributed by atoms with Crippen LogP contribution in [0.25, 0.3) is 16.8 Å². The van der Waals surface area contributed by atoms with E-state index in [1.54, 1.807) is 38.5 Å². The molecule has 6 rings (SSSR count). The Morgan fingerprint density at radius 1 is 1.00 bits per heavy atom. The average Bonchev–Trinajstić information content (AvgIpc) is 3.34. The first kappa shape index (κ1) is 32.0. The molecule has 5 aromatic rings. The van der Waals surface area contributed by atoms with Gasteiger partial charge in [-0.2, -0.15) is 0 Å². The number of benzene rings is 4. The molecule has 1 aliphatic heterocycles. The number of rotatable bonds is 8. The highest BCUT2D eigenvalue weighted by atomic mass is 79.9. The maximum atomic E-state index is 14.5. The predicted octanol–water partition coefficient (Wildman–Crippen LogP) is 7.45. The van der Waals surface area contributed by atoms with E-state index in [0.717, 1.165) is 30.8 Å². The minimum atomic E-state index is -0.822. The lowest BCUT2D eigenvalue weighted by atomic mass is 9.95. The van der Waals surface area contributed by atoms with Gasteiger partial charge in [-0.15, -0.1) is 0 Å². The summed E-state index contributed by atoms with van der Waals surface area (Å²) >= 11 is 8.31. The summed E-state index contributed by atoms with van der Waals surface area (Å²) in [5, 5.41) is 1.97. The smallest absolute Gasteiger partial charge is 0.338 e. The molecule has 0 amide bonds. The number of halogens is 2. The average molecular weight is 763 g/mol. The summed E-state index contributed by atoms with van der Waals surface area (Å²) < 4.78 is 21.5. The first-order valence-electron chi connectivity index (χ1n) is 14.6. The highest BCUT2D eigenvalue weighted by Crippen LogP contribution is 2.37. The molecule has 0 fully saturated rings. The van der Waals surface area contributed by atoms with Crippen molar-refractivity contribution in [3.63, 3.8) is 0 Å². The zero-order chi connectivity index (χ0) is 32.5. The van der Waals surface area contributed by atoms with E-state index in [0.29, 0.717) is 38.7 Å². The number of carbonyl (C=O) groups excluding carboxylic acids is 1. The van der Waals surface area contributed by atoms with Crippen molar-refractivity contribution in [1.82, 2.24) is 4.57 Å². The monoisotopic (exact) mass is 760 g/mol. The van der Waals surface area contributed by atoms with Crippen LogP contribution in [0.3, 0.4) is 0 Å². The third kappa shape index (κ3) is 6.34. The molecule has 0 bridgehead atoms. The van der Waals surface area contributed by atoms with Crippen LogP contribution in [-0.2, 0) is 16.1 Å². The molecule has 7 nitrogen and oxygen atoms in total. The number of allylic oxidation sites excluding steroid dienone is 1.